The lowest BCUT2D eigenvalue weighted by Crippen LogP contribution is -2.33. The lowest BCUT2D eigenvalue weighted by Gasteiger charge is -2.15. The minimum atomic E-state index is -0.713. The fourth-order valence-electron chi connectivity index (χ4n) is 2.57. The first-order valence-electron chi connectivity index (χ1n) is 6.75. The second kappa shape index (κ2) is 6.16. The number of hydrogen-bond acceptors (Lipinski definition) is 4. The van der Waals surface area contributed by atoms with Crippen molar-refractivity contribution in [2.75, 3.05) is 6.54 Å². The molecule has 6 heteroatoms. The molecular formula is C13H22N4O2. The van der Waals surface area contributed by atoms with E-state index in [1.54, 1.807) is 24.1 Å². The van der Waals surface area contributed by atoms with E-state index in [9.17, 15) is 9.90 Å². The van der Waals surface area contributed by atoms with Crippen LogP contribution in [0.3, 0.4) is 0 Å². The number of nitrogens with two attached hydrogens (primary N) is 1. The van der Waals surface area contributed by atoms with Gasteiger partial charge in [-0.05, 0) is 18.8 Å². The molecule has 0 aromatic carbocycles. The van der Waals surface area contributed by atoms with Crippen LogP contribution in [-0.4, -0.2) is 33.4 Å². The predicted octanol–water partition coefficient (Wildman–Crippen LogP) is 0.0872. The van der Waals surface area contributed by atoms with Crippen LogP contribution in [0.15, 0.2) is 12.4 Å². The van der Waals surface area contributed by atoms with Gasteiger partial charge in [-0.2, -0.15) is 5.10 Å². The van der Waals surface area contributed by atoms with Gasteiger partial charge in [0.05, 0.1) is 12.3 Å². The summed E-state index contributed by atoms with van der Waals surface area (Å²) in [5.41, 5.74) is 6.65. The van der Waals surface area contributed by atoms with Gasteiger partial charge in [-0.3, -0.25) is 9.48 Å². The van der Waals surface area contributed by atoms with Gasteiger partial charge in [-0.1, -0.05) is 6.42 Å². The first-order valence-corrected chi connectivity index (χ1v) is 6.75. The molecule has 4 N–H and O–H groups in total. The maximum Gasteiger partial charge on any atom is 0.220 e. The van der Waals surface area contributed by atoms with Crippen molar-refractivity contribution < 1.29 is 9.90 Å². The Bertz CT molecular complexity index is 432. The van der Waals surface area contributed by atoms with E-state index in [-0.39, 0.29) is 24.4 Å². The lowest BCUT2D eigenvalue weighted by molar-refractivity contribution is -0.122. The summed E-state index contributed by atoms with van der Waals surface area (Å²) in [6.07, 6.45) is 6.23. The van der Waals surface area contributed by atoms with E-state index in [4.69, 9.17) is 5.73 Å². The lowest BCUT2D eigenvalue weighted by atomic mass is 10.00. The van der Waals surface area contributed by atoms with Crippen LogP contribution in [0.25, 0.3) is 0 Å². The minimum absolute atomic E-state index is 0.0368. The molecule has 1 aromatic heterocycles. The Labute approximate surface area is 113 Å². The Kier molecular flexibility index (Phi) is 4.55. The summed E-state index contributed by atoms with van der Waals surface area (Å²) in [7, 11) is 1.79. The van der Waals surface area contributed by atoms with Gasteiger partial charge in [0.15, 0.2) is 0 Å². The Morgan fingerprint density at radius 3 is 3.05 bits per heavy atom. The maximum absolute atomic E-state index is 11.8. The molecule has 1 aliphatic carbocycles. The fourth-order valence-corrected chi connectivity index (χ4v) is 2.57. The number of hydrogen-bond donors (Lipinski definition) is 3. The number of aryl methyl sites for hydroxylation is 1. The Hall–Kier alpha value is -1.40. The number of nitrogens with one attached hydrogen (secondary N) is 1. The van der Waals surface area contributed by atoms with Gasteiger partial charge in [0.25, 0.3) is 0 Å². The van der Waals surface area contributed by atoms with Gasteiger partial charge in [0, 0.05) is 37.8 Å². The highest BCUT2D eigenvalue weighted by Gasteiger charge is 2.26. The summed E-state index contributed by atoms with van der Waals surface area (Å²) in [5, 5.41) is 16.6. The largest absolute Gasteiger partial charge is 0.386 e. The number of carbonyl (C=O) groups is 1. The molecular weight excluding hydrogens is 244 g/mol. The van der Waals surface area contributed by atoms with E-state index in [0.29, 0.717) is 12.0 Å². The van der Waals surface area contributed by atoms with Crippen LogP contribution >= 0.6 is 0 Å². The van der Waals surface area contributed by atoms with E-state index in [1.165, 1.54) is 0 Å². The highest BCUT2D eigenvalue weighted by Crippen LogP contribution is 2.26. The van der Waals surface area contributed by atoms with Crippen molar-refractivity contribution in [3.8, 4) is 0 Å². The van der Waals surface area contributed by atoms with E-state index in [0.717, 1.165) is 19.3 Å². The van der Waals surface area contributed by atoms with E-state index >= 15 is 0 Å². The smallest absolute Gasteiger partial charge is 0.220 e. The molecule has 3 atom stereocenters. The van der Waals surface area contributed by atoms with Crippen molar-refractivity contribution in [2.24, 2.45) is 18.7 Å². The molecule has 0 radical (unpaired) electrons. The molecule has 0 saturated heterocycles. The summed E-state index contributed by atoms with van der Waals surface area (Å²) >= 11 is 0. The molecule has 0 aliphatic heterocycles. The normalized spacial score (nSPS) is 24.4. The standard InChI is InChI=1S/C13H22N4O2/c1-17-8-10(6-16-17)12(18)7-15-13(19)5-9-3-2-4-11(9)14/h6,8-9,11-12,18H,2-5,7,14H2,1H3,(H,15,19)/t9-,11+,12?/m0/s1. The van der Waals surface area contributed by atoms with Crippen molar-refractivity contribution in [3.05, 3.63) is 18.0 Å². The molecule has 1 aliphatic rings. The highest BCUT2D eigenvalue weighted by molar-refractivity contribution is 5.76. The summed E-state index contributed by atoms with van der Waals surface area (Å²) in [4.78, 5) is 11.8. The quantitative estimate of drug-likeness (QED) is 0.704. The molecule has 0 bridgehead atoms. The third-order valence-corrected chi connectivity index (χ3v) is 3.77. The molecule has 2 rings (SSSR count). The molecule has 1 aromatic rings. The van der Waals surface area contributed by atoms with Gasteiger partial charge < -0.3 is 16.2 Å². The summed E-state index contributed by atoms with van der Waals surface area (Å²) < 4.78 is 1.62. The summed E-state index contributed by atoms with van der Waals surface area (Å²) in [6.45, 7) is 0.215. The topological polar surface area (TPSA) is 93.2 Å². The van der Waals surface area contributed by atoms with Gasteiger partial charge in [-0.15, -0.1) is 0 Å². The van der Waals surface area contributed by atoms with Gasteiger partial charge in [-0.25, -0.2) is 0 Å². The zero-order valence-electron chi connectivity index (χ0n) is 11.2. The van der Waals surface area contributed by atoms with Crippen molar-refractivity contribution in [1.82, 2.24) is 15.1 Å². The van der Waals surface area contributed by atoms with Crippen LogP contribution in [0.4, 0.5) is 0 Å². The Balaban J connectivity index is 1.74. The average Bonchev–Trinajstić information content (AvgIpc) is 2.96. The van der Waals surface area contributed by atoms with Gasteiger partial charge in [0.1, 0.15) is 0 Å². The van der Waals surface area contributed by atoms with Crippen LogP contribution in [0.5, 0.6) is 0 Å². The van der Waals surface area contributed by atoms with Crippen LogP contribution < -0.4 is 11.1 Å². The average molecular weight is 266 g/mol. The molecule has 6 nitrogen and oxygen atoms in total. The Morgan fingerprint density at radius 2 is 2.47 bits per heavy atom. The zero-order valence-corrected chi connectivity index (χ0v) is 11.2. The number of rotatable bonds is 5. The first-order chi connectivity index (χ1) is 9.06. The van der Waals surface area contributed by atoms with Crippen LogP contribution in [0.1, 0.15) is 37.4 Å². The van der Waals surface area contributed by atoms with E-state index in [1.807, 2.05) is 0 Å². The number of amides is 1. The van der Waals surface area contributed by atoms with Crippen LogP contribution in [0, 0.1) is 5.92 Å². The van der Waals surface area contributed by atoms with Crippen molar-refractivity contribution in [3.63, 3.8) is 0 Å². The van der Waals surface area contributed by atoms with Gasteiger partial charge in [0.2, 0.25) is 5.91 Å². The SMILES string of the molecule is Cn1cc(C(O)CNC(=O)C[C@@H]2CCC[C@H]2N)cn1. The third-order valence-electron chi connectivity index (χ3n) is 3.77. The maximum atomic E-state index is 11.8. The number of aliphatic hydroxyl groups is 1. The fraction of sp³-hybridized carbons (Fsp3) is 0.692. The number of aromatic nitrogens is 2. The number of carbonyl (C=O) groups excluding carboxylic acids is 1. The molecule has 1 fully saturated rings. The van der Waals surface area contributed by atoms with E-state index in [2.05, 4.69) is 10.4 Å². The van der Waals surface area contributed by atoms with E-state index < -0.39 is 6.10 Å². The molecule has 1 saturated carbocycles. The molecule has 1 unspecified atom stereocenters. The zero-order chi connectivity index (χ0) is 13.8. The monoisotopic (exact) mass is 266 g/mol. The number of nitrogens with zero attached hydrogens (tertiary/aromatic N) is 2. The summed E-state index contributed by atoms with van der Waals surface area (Å²) in [6, 6.07) is 0.147. The van der Waals surface area contributed by atoms with Crippen molar-refractivity contribution in [1.29, 1.82) is 0 Å². The summed E-state index contributed by atoms with van der Waals surface area (Å²) in [5.74, 6) is 0.251. The molecule has 19 heavy (non-hydrogen) atoms. The van der Waals surface area contributed by atoms with Crippen LogP contribution in [0.2, 0.25) is 0 Å². The molecule has 106 valence electrons. The minimum Gasteiger partial charge on any atom is -0.386 e. The second-order valence-corrected chi connectivity index (χ2v) is 5.33. The molecule has 1 amide bonds. The predicted molar refractivity (Wildman–Crippen MR) is 71.1 cm³/mol. The highest BCUT2D eigenvalue weighted by atomic mass is 16.3. The van der Waals surface area contributed by atoms with Gasteiger partial charge >= 0.3 is 0 Å². The molecule has 0 spiro atoms. The van der Waals surface area contributed by atoms with Crippen molar-refractivity contribution >= 4 is 5.91 Å². The molecule has 1 heterocycles. The van der Waals surface area contributed by atoms with Crippen molar-refractivity contribution in [2.45, 2.75) is 37.8 Å². The number of aliphatic hydroxyl groups excluding tert-OH is 1. The second-order valence-electron chi connectivity index (χ2n) is 5.33. The van der Waals surface area contributed by atoms with Crippen LogP contribution in [-0.2, 0) is 11.8 Å². The first kappa shape index (κ1) is 14.0. The third kappa shape index (κ3) is 3.78. The Morgan fingerprint density at radius 1 is 1.68 bits per heavy atom.